The number of thioether (sulfide) groups is 2. The lowest BCUT2D eigenvalue weighted by molar-refractivity contribution is -0.115. The number of nitrogens with zero attached hydrogens (tertiary/aromatic N) is 2. The summed E-state index contributed by atoms with van der Waals surface area (Å²) < 4.78 is 24.1. The summed E-state index contributed by atoms with van der Waals surface area (Å²) in [4.78, 5) is 12.3. The molecule has 1 heterocycles. The minimum atomic E-state index is -3.74. The minimum absolute atomic E-state index is 0.000107. The monoisotopic (exact) mass is 432 g/mol. The van der Waals surface area contributed by atoms with Crippen LogP contribution >= 0.6 is 34.9 Å². The number of hydrogen-bond acceptors (Lipinski definition) is 8. The van der Waals surface area contributed by atoms with Crippen LogP contribution in [0.5, 0.6) is 0 Å². The number of primary sulfonamides is 1. The van der Waals surface area contributed by atoms with Gasteiger partial charge in [0, 0.05) is 11.4 Å². The minimum Gasteiger partial charge on any atom is -0.325 e. The van der Waals surface area contributed by atoms with E-state index >= 15 is 0 Å². The van der Waals surface area contributed by atoms with Gasteiger partial charge in [0.05, 0.1) is 10.1 Å². The maximum Gasteiger partial charge on any atom is 0.238 e. The van der Waals surface area contributed by atoms with Crippen molar-refractivity contribution >= 4 is 56.5 Å². The highest BCUT2D eigenvalue weighted by atomic mass is 32.2. The van der Waals surface area contributed by atoms with E-state index in [1.807, 2.05) is 0 Å². The van der Waals surface area contributed by atoms with Crippen LogP contribution in [0.15, 0.2) is 37.8 Å². The number of nitrogens with one attached hydrogen (secondary N) is 1. The lowest BCUT2D eigenvalue weighted by Gasteiger charge is -2.10. The highest BCUT2D eigenvalue weighted by molar-refractivity contribution is 8.03. The van der Waals surface area contributed by atoms with Crippen LogP contribution in [0.2, 0.25) is 0 Å². The van der Waals surface area contributed by atoms with E-state index in [4.69, 9.17) is 5.14 Å². The summed E-state index contributed by atoms with van der Waals surface area (Å²) in [5.41, 5.74) is 0.503. The van der Waals surface area contributed by atoms with Crippen molar-refractivity contribution in [2.45, 2.75) is 45.5 Å². The fourth-order valence-electron chi connectivity index (χ4n) is 1.78. The molecule has 0 bridgehead atoms. The van der Waals surface area contributed by atoms with Crippen molar-refractivity contribution in [1.82, 2.24) is 10.2 Å². The first-order valence-corrected chi connectivity index (χ1v) is 12.1. The second kappa shape index (κ2) is 9.70. The Morgan fingerprint density at radius 2 is 1.92 bits per heavy atom. The molecule has 0 saturated heterocycles. The molecule has 0 saturated carbocycles. The summed E-state index contributed by atoms with van der Waals surface area (Å²) in [5, 5.41) is 15.7. The van der Waals surface area contributed by atoms with Gasteiger partial charge in [-0.15, -0.1) is 10.2 Å². The number of anilines is 1. The molecule has 2 aromatic rings. The summed E-state index contributed by atoms with van der Waals surface area (Å²) in [5.74, 6) is 0.814. The van der Waals surface area contributed by atoms with Crippen LogP contribution in [-0.4, -0.2) is 35.5 Å². The average molecular weight is 433 g/mol. The van der Waals surface area contributed by atoms with Crippen LogP contribution in [-0.2, 0) is 14.8 Å². The number of amides is 1. The Morgan fingerprint density at radius 3 is 2.54 bits per heavy atom. The highest BCUT2D eigenvalue weighted by Crippen LogP contribution is 2.32. The van der Waals surface area contributed by atoms with E-state index in [0.29, 0.717) is 5.69 Å². The molecule has 2 rings (SSSR count). The molecule has 0 spiro atoms. The van der Waals surface area contributed by atoms with Crippen molar-refractivity contribution in [3.05, 3.63) is 24.3 Å². The number of carbonyl (C=O) groups excluding carboxylic acids is 1. The van der Waals surface area contributed by atoms with Gasteiger partial charge < -0.3 is 5.32 Å². The topological polar surface area (TPSA) is 115 Å². The Labute approximate surface area is 165 Å². The molecule has 7 nitrogen and oxygen atoms in total. The number of nitrogens with two attached hydrogens (primary N) is 1. The van der Waals surface area contributed by atoms with Crippen LogP contribution in [0, 0.1) is 0 Å². The number of carbonyl (C=O) groups is 1. The zero-order chi connectivity index (χ0) is 19.2. The quantitative estimate of drug-likeness (QED) is 0.462. The number of sulfonamides is 1. The number of unbranched alkanes of at least 4 members (excludes halogenated alkanes) is 1. The van der Waals surface area contributed by atoms with Gasteiger partial charge in [0.15, 0.2) is 8.68 Å². The van der Waals surface area contributed by atoms with E-state index in [1.165, 1.54) is 47.4 Å². The number of benzene rings is 1. The first-order chi connectivity index (χ1) is 12.3. The molecular formula is C15H20N4O3S4. The van der Waals surface area contributed by atoms with Crippen LogP contribution in [0.4, 0.5) is 5.69 Å². The van der Waals surface area contributed by atoms with Gasteiger partial charge in [-0.25, -0.2) is 13.6 Å². The third-order valence-electron chi connectivity index (χ3n) is 3.21. The van der Waals surface area contributed by atoms with E-state index in [1.54, 1.807) is 18.7 Å². The molecule has 0 fully saturated rings. The van der Waals surface area contributed by atoms with E-state index < -0.39 is 10.0 Å². The molecule has 11 heteroatoms. The molecule has 3 N–H and O–H groups in total. The Balaban J connectivity index is 1.89. The maximum atomic E-state index is 12.3. The van der Waals surface area contributed by atoms with Crippen LogP contribution in [0.1, 0.15) is 26.7 Å². The number of rotatable bonds is 9. The molecule has 1 amide bonds. The summed E-state index contributed by atoms with van der Waals surface area (Å²) in [6.07, 6.45) is 2.28. The summed E-state index contributed by atoms with van der Waals surface area (Å²) in [6.45, 7) is 3.93. The summed E-state index contributed by atoms with van der Waals surface area (Å²) in [7, 11) is -3.74. The molecule has 1 aromatic heterocycles. The molecule has 0 aliphatic rings. The number of hydrogen-bond donors (Lipinski definition) is 2. The maximum absolute atomic E-state index is 12.3. The van der Waals surface area contributed by atoms with Gasteiger partial charge in [-0.2, -0.15) is 0 Å². The van der Waals surface area contributed by atoms with Crippen molar-refractivity contribution in [2.75, 3.05) is 11.1 Å². The Bertz CT molecular complexity index is 837. The lowest BCUT2D eigenvalue weighted by atomic mass is 10.3. The molecule has 1 atom stereocenters. The second-order valence-corrected chi connectivity index (χ2v) is 10.8. The van der Waals surface area contributed by atoms with E-state index in [9.17, 15) is 13.2 Å². The van der Waals surface area contributed by atoms with Crippen molar-refractivity contribution < 1.29 is 13.2 Å². The molecule has 26 heavy (non-hydrogen) atoms. The predicted molar refractivity (Wildman–Crippen MR) is 107 cm³/mol. The summed E-state index contributed by atoms with van der Waals surface area (Å²) >= 11 is 4.50. The highest BCUT2D eigenvalue weighted by Gasteiger charge is 2.18. The van der Waals surface area contributed by atoms with Crippen molar-refractivity contribution in [2.24, 2.45) is 5.14 Å². The van der Waals surface area contributed by atoms with Gasteiger partial charge in [-0.05, 0) is 37.6 Å². The van der Waals surface area contributed by atoms with E-state index in [0.717, 1.165) is 27.3 Å². The predicted octanol–water partition coefficient (Wildman–Crippen LogP) is 3.20. The lowest BCUT2D eigenvalue weighted by Crippen LogP contribution is -2.22. The molecule has 142 valence electrons. The summed E-state index contributed by atoms with van der Waals surface area (Å²) in [6, 6.07) is 5.71. The van der Waals surface area contributed by atoms with Gasteiger partial charge in [-0.1, -0.05) is 48.2 Å². The van der Waals surface area contributed by atoms with Crippen LogP contribution < -0.4 is 10.5 Å². The number of aromatic nitrogens is 2. The largest absolute Gasteiger partial charge is 0.325 e. The second-order valence-electron chi connectivity index (χ2n) is 5.35. The Kier molecular flexibility index (Phi) is 7.89. The van der Waals surface area contributed by atoms with Gasteiger partial charge in [0.25, 0.3) is 0 Å². The first kappa shape index (κ1) is 21.2. The van der Waals surface area contributed by atoms with Gasteiger partial charge in [-0.3, -0.25) is 4.79 Å². The third-order valence-corrected chi connectivity index (χ3v) is 7.46. The molecule has 0 aliphatic heterocycles. The normalized spacial score (nSPS) is 12.7. The molecule has 1 aromatic carbocycles. The van der Waals surface area contributed by atoms with E-state index in [2.05, 4.69) is 22.4 Å². The Hall–Kier alpha value is -1.14. The smallest absolute Gasteiger partial charge is 0.238 e. The van der Waals surface area contributed by atoms with Gasteiger partial charge in [0.2, 0.25) is 15.9 Å². The zero-order valence-electron chi connectivity index (χ0n) is 14.3. The molecule has 0 aliphatic carbocycles. The average Bonchev–Trinajstić information content (AvgIpc) is 3.02. The van der Waals surface area contributed by atoms with Gasteiger partial charge >= 0.3 is 0 Å². The zero-order valence-corrected chi connectivity index (χ0v) is 17.6. The van der Waals surface area contributed by atoms with Crippen molar-refractivity contribution in [3.8, 4) is 0 Å². The fourth-order valence-corrected chi connectivity index (χ4v) is 5.62. The van der Waals surface area contributed by atoms with Crippen LogP contribution in [0.3, 0.4) is 0 Å². The Morgan fingerprint density at radius 1 is 1.27 bits per heavy atom. The van der Waals surface area contributed by atoms with Crippen LogP contribution in [0.25, 0.3) is 0 Å². The molecule has 0 unspecified atom stereocenters. The SMILES string of the molecule is CCCCSc1nnc(S[C@H](C)C(=O)Nc2ccc(S(N)(=O)=O)cc2)s1. The molecule has 0 radical (unpaired) electrons. The van der Waals surface area contributed by atoms with Crippen molar-refractivity contribution in [3.63, 3.8) is 0 Å². The standard InChI is InChI=1S/C15H20N4O3S4/c1-3-4-9-23-14-18-19-15(25-14)24-10(2)13(20)17-11-5-7-12(8-6-11)26(16,21)22/h5-8,10H,3-4,9H2,1-2H3,(H,17,20)(H2,16,21,22)/t10-/m1/s1. The van der Waals surface area contributed by atoms with E-state index in [-0.39, 0.29) is 16.1 Å². The fraction of sp³-hybridized carbons (Fsp3) is 0.400. The molecular weight excluding hydrogens is 412 g/mol. The van der Waals surface area contributed by atoms with Crippen molar-refractivity contribution in [1.29, 1.82) is 0 Å². The first-order valence-electron chi connectivity index (χ1n) is 7.86. The van der Waals surface area contributed by atoms with Gasteiger partial charge in [0.1, 0.15) is 0 Å². The third kappa shape index (κ3) is 6.54.